The molecule has 0 amide bonds. The minimum Gasteiger partial charge on any atom is -0.493 e. The minimum atomic E-state index is -0.146. The maximum absolute atomic E-state index is 13.1. The lowest BCUT2D eigenvalue weighted by Gasteiger charge is -2.50. The first-order valence-electron chi connectivity index (χ1n) is 12.6. The van der Waals surface area contributed by atoms with E-state index in [1.807, 2.05) is 12.1 Å². The van der Waals surface area contributed by atoms with Crippen molar-refractivity contribution in [1.82, 2.24) is 4.90 Å². The number of hydrogen-bond acceptors (Lipinski definition) is 6. The molecule has 0 bridgehead atoms. The van der Waals surface area contributed by atoms with Gasteiger partial charge in [-0.25, -0.2) is 0 Å². The number of rotatable bonds is 5. The number of hydrogen-bond donors (Lipinski definition) is 0. The summed E-state index contributed by atoms with van der Waals surface area (Å²) in [5, 5.41) is 9.64. The Bertz CT molecular complexity index is 1030. The maximum Gasteiger partial charge on any atom is 0.310 e. The molecule has 2 saturated carbocycles. The van der Waals surface area contributed by atoms with Crippen LogP contribution in [0.15, 0.2) is 24.3 Å². The molecule has 6 atom stereocenters. The summed E-state index contributed by atoms with van der Waals surface area (Å²) in [4.78, 5) is 15.5. The van der Waals surface area contributed by atoms with Crippen molar-refractivity contribution in [3.05, 3.63) is 35.4 Å². The Morgan fingerprint density at radius 2 is 2.03 bits per heavy atom. The fraction of sp³-hybridized carbons (Fsp3) is 0.643. The molecule has 4 aliphatic rings. The third-order valence-electron chi connectivity index (χ3n) is 9.15. The third-order valence-corrected chi connectivity index (χ3v) is 9.15. The predicted molar refractivity (Wildman–Crippen MR) is 128 cm³/mol. The average molecular weight is 465 g/mol. The number of nitriles is 1. The molecule has 2 aliphatic carbocycles. The molecule has 34 heavy (non-hydrogen) atoms. The molecule has 0 radical (unpaired) electrons. The van der Waals surface area contributed by atoms with Crippen molar-refractivity contribution in [3.8, 4) is 17.6 Å². The van der Waals surface area contributed by atoms with Crippen LogP contribution in [0.2, 0.25) is 0 Å². The second kappa shape index (κ2) is 8.92. The topological polar surface area (TPSA) is 71.8 Å². The summed E-state index contributed by atoms with van der Waals surface area (Å²) >= 11 is 0. The Morgan fingerprint density at radius 1 is 1.26 bits per heavy atom. The molecule has 1 aromatic rings. The van der Waals surface area contributed by atoms with E-state index in [9.17, 15) is 10.1 Å². The molecule has 0 N–H and O–H groups in total. The third kappa shape index (κ3) is 3.79. The summed E-state index contributed by atoms with van der Waals surface area (Å²) in [5.41, 5.74) is 3.85. The first kappa shape index (κ1) is 23.2. The largest absolute Gasteiger partial charge is 0.493 e. The monoisotopic (exact) mass is 464 g/mol. The molecule has 182 valence electrons. The highest BCUT2D eigenvalue weighted by atomic mass is 16.6. The van der Waals surface area contributed by atoms with Crippen molar-refractivity contribution in [2.45, 2.75) is 64.0 Å². The minimum absolute atomic E-state index is 0.0144. The van der Waals surface area contributed by atoms with Crippen LogP contribution in [0.5, 0.6) is 11.5 Å². The van der Waals surface area contributed by atoms with Crippen molar-refractivity contribution in [2.24, 2.45) is 23.2 Å². The number of methoxy groups -OCH3 is 2. The Labute approximate surface area is 202 Å². The van der Waals surface area contributed by atoms with E-state index in [-0.39, 0.29) is 35.4 Å². The number of fused-ring (bicyclic) bond motifs is 3. The molecule has 3 fully saturated rings. The zero-order valence-corrected chi connectivity index (χ0v) is 20.6. The molecule has 0 spiro atoms. The van der Waals surface area contributed by atoms with Gasteiger partial charge in [0.05, 0.1) is 32.6 Å². The van der Waals surface area contributed by atoms with E-state index in [0.717, 1.165) is 37.8 Å². The van der Waals surface area contributed by atoms with Gasteiger partial charge in [-0.1, -0.05) is 19.1 Å². The standard InChI is InChI=1S/C28H36N2O4/c1-17-6-5-9-28(2)15-26-20(13-22(17)28)21(27(31)34-26)16-30-11-8-18-12-24(32-3)25(33-4)14-19(18)23(30)7-10-29/h12,14,20-23,26H,1,5-9,11,13,15-16H2,2-4H3. The molecular weight excluding hydrogens is 428 g/mol. The Hall–Kier alpha value is -2.52. The zero-order chi connectivity index (χ0) is 24.0. The smallest absolute Gasteiger partial charge is 0.310 e. The Balaban J connectivity index is 1.40. The molecule has 5 rings (SSSR count). The number of carbonyl (C=O) groups excluding carboxylic acids is 1. The number of esters is 1. The number of ether oxygens (including phenoxy) is 3. The molecule has 1 saturated heterocycles. The summed E-state index contributed by atoms with van der Waals surface area (Å²) in [6, 6.07) is 6.35. The van der Waals surface area contributed by atoms with E-state index in [2.05, 4.69) is 24.5 Å². The lowest BCUT2D eigenvalue weighted by molar-refractivity contribution is -0.146. The number of carbonyl (C=O) groups is 1. The molecule has 2 heterocycles. The SMILES string of the molecule is C=C1CCCC2(C)CC3OC(=O)C(CN4CCc5cc(OC)c(OC)cc5C4CC#N)C3CC12. The second-order valence-corrected chi connectivity index (χ2v) is 10.9. The van der Waals surface area contributed by atoms with E-state index in [4.69, 9.17) is 14.2 Å². The summed E-state index contributed by atoms with van der Waals surface area (Å²) in [6.07, 6.45) is 6.68. The van der Waals surface area contributed by atoms with Crippen molar-refractivity contribution in [3.63, 3.8) is 0 Å². The van der Waals surface area contributed by atoms with Crippen LogP contribution in [0.1, 0.15) is 62.6 Å². The van der Waals surface area contributed by atoms with Gasteiger partial charge in [0.15, 0.2) is 11.5 Å². The summed E-state index contributed by atoms with van der Waals surface area (Å²) in [5.74, 6) is 1.89. The maximum atomic E-state index is 13.1. The van der Waals surface area contributed by atoms with Crippen molar-refractivity contribution in [2.75, 3.05) is 27.3 Å². The molecule has 1 aromatic carbocycles. The van der Waals surface area contributed by atoms with Gasteiger partial charge in [0.2, 0.25) is 0 Å². The highest BCUT2D eigenvalue weighted by molar-refractivity contribution is 5.75. The predicted octanol–water partition coefficient (Wildman–Crippen LogP) is 4.83. The van der Waals surface area contributed by atoms with Crippen LogP contribution in [0.3, 0.4) is 0 Å². The molecule has 2 aliphatic heterocycles. The quantitative estimate of drug-likeness (QED) is 0.459. The summed E-state index contributed by atoms with van der Waals surface area (Å²) in [7, 11) is 3.28. The van der Waals surface area contributed by atoms with Crippen LogP contribution in [-0.4, -0.2) is 44.3 Å². The first-order chi connectivity index (χ1) is 16.4. The molecule has 6 unspecified atom stereocenters. The van der Waals surface area contributed by atoms with Crippen molar-refractivity contribution >= 4 is 5.97 Å². The van der Waals surface area contributed by atoms with Crippen LogP contribution >= 0.6 is 0 Å². The average Bonchev–Trinajstić information content (AvgIpc) is 3.11. The summed E-state index contributed by atoms with van der Waals surface area (Å²) < 4.78 is 17.0. The summed E-state index contributed by atoms with van der Waals surface area (Å²) in [6.45, 7) is 8.23. The van der Waals surface area contributed by atoms with Crippen LogP contribution in [-0.2, 0) is 16.0 Å². The van der Waals surface area contributed by atoms with Gasteiger partial charge in [0.1, 0.15) is 6.10 Å². The van der Waals surface area contributed by atoms with Gasteiger partial charge in [-0.15, -0.1) is 0 Å². The highest BCUT2D eigenvalue weighted by Crippen LogP contribution is 2.57. The molecule has 6 nitrogen and oxygen atoms in total. The molecule has 6 heteroatoms. The first-order valence-corrected chi connectivity index (χ1v) is 12.6. The van der Waals surface area contributed by atoms with E-state index in [1.54, 1.807) is 14.2 Å². The molecular formula is C28H36N2O4. The second-order valence-electron chi connectivity index (χ2n) is 10.9. The fourth-order valence-corrected chi connectivity index (χ4v) is 7.34. The van der Waals surface area contributed by atoms with Crippen LogP contribution < -0.4 is 9.47 Å². The number of nitrogens with zero attached hydrogens (tertiary/aromatic N) is 2. The van der Waals surface area contributed by atoms with Gasteiger partial charge < -0.3 is 14.2 Å². The lowest BCUT2D eigenvalue weighted by atomic mass is 9.55. The normalized spacial score (nSPS) is 34.9. The van der Waals surface area contributed by atoms with Gasteiger partial charge in [0.25, 0.3) is 0 Å². The molecule has 0 aromatic heterocycles. The van der Waals surface area contributed by atoms with E-state index < -0.39 is 0 Å². The van der Waals surface area contributed by atoms with Gasteiger partial charge in [-0.3, -0.25) is 9.69 Å². The van der Waals surface area contributed by atoms with Gasteiger partial charge in [-0.05, 0) is 73.1 Å². The Kier molecular flexibility index (Phi) is 6.10. The zero-order valence-electron chi connectivity index (χ0n) is 20.6. The lowest BCUT2D eigenvalue weighted by Crippen LogP contribution is -2.46. The van der Waals surface area contributed by atoms with Crippen LogP contribution in [0.25, 0.3) is 0 Å². The van der Waals surface area contributed by atoms with E-state index >= 15 is 0 Å². The van der Waals surface area contributed by atoms with E-state index in [1.165, 1.54) is 24.0 Å². The van der Waals surface area contributed by atoms with E-state index in [0.29, 0.717) is 30.4 Å². The van der Waals surface area contributed by atoms with Crippen molar-refractivity contribution in [1.29, 1.82) is 5.26 Å². The van der Waals surface area contributed by atoms with Crippen molar-refractivity contribution < 1.29 is 19.0 Å². The highest BCUT2D eigenvalue weighted by Gasteiger charge is 2.55. The van der Waals surface area contributed by atoms with Gasteiger partial charge in [-0.2, -0.15) is 5.26 Å². The van der Waals surface area contributed by atoms with Crippen LogP contribution in [0.4, 0.5) is 0 Å². The van der Waals surface area contributed by atoms with Gasteiger partial charge >= 0.3 is 5.97 Å². The Morgan fingerprint density at radius 3 is 2.76 bits per heavy atom. The fourth-order valence-electron chi connectivity index (χ4n) is 7.34. The van der Waals surface area contributed by atoms with Gasteiger partial charge in [0, 0.05) is 25.0 Å². The number of benzene rings is 1. The number of allylic oxidation sites excluding steroid dienone is 1. The van der Waals surface area contributed by atoms with Crippen LogP contribution in [0, 0.1) is 34.5 Å².